The zero-order valence-electron chi connectivity index (χ0n) is 14.6. The zero-order valence-corrected chi connectivity index (χ0v) is 14.6. The molecule has 1 N–H and O–H groups in total. The van der Waals surface area contributed by atoms with Crippen LogP contribution in [0.2, 0.25) is 0 Å². The Morgan fingerprint density at radius 3 is 2.79 bits per heavy atom. The van der Waals surface area contributed by atoms with Crippen LogP contribution in [-0.2, 0) is 22.3 Å². The fourth-order valence-corrected chi connectivity index (χ4v) is 2.86. The summed E-state index contributed by atoms with van der Waals surface area (Å²) in [7, 11) is 0. The van der Waals surface area contributed by atoms with Crippen molar-refractivity contribution < 1.29 is 32.3 Å². The summed E-state index contributed by atoms with van der Waals surface area (Å²) in [4.78, 5) is 28.4. The molecule has 3 heterocycles. The van der Waals surface area contributed by atoms with Crippen LogP contribution in [0, 0.1) is 0 Å². The smallest absolute Gasteiger partial charge is 0.471 e. The van der Waals surface area contributed by atoms with Crippen molar-refractivity contribution in [1.29, 1.82) is 0 Å². The Morgan fingerprint density at radius 2 is 2.14 bits per heavy atom. The van der Waals surface area contributed by atoms with E-state index in [1.807, 2.05) is 0 Å². The molecule has 0 bridgehead atoms. The van der Waals surface area contributed by atoms with E-state index < -0.39 is 29.6 Å². The number of pyridine rings is 1. The number of morpholine rings is 1. The quantitative estimate of drug-likeness (QED) is 0.765. The maximum atomic E-state index is 12.5. The van der Waals surface area contributed by atoms with Crippen LogP contribution in [0.1, 0.15) is 12.3 Å². The van der Waals surface area contributed by atoms with Crippen LogP contribution in [0.15, 0.2) is 27.6 Å². The van der Waals surface area contributed by atoms with Gasteiger partial charge in [-0.05, 0) is 12.5 Å². The fourth-order valence-electron chi connectivity index (χ4n) is 2.86. The lowest BCUT2D eigenvalue weighted by Crippen LogP contribution is -2.50. The molecule has 2 aromatic rings. The van der Waals surface area contributed by atoms with Crippen LogP contribution in [0.25, 0.3) is 11.4 Å². The summed E-state index contributed by atoms with van der Waals surface area (Å²) in [6, 6.07) is 1.83. The Bertz CT molecular complexity index is 895. The zero-order chi connectivity index (χ0) is 20.3. The Labute approximate surface area is 156 Å². The minimum absolute atomic E-state index is 0.111. The Hall–Kier alpha value is -2.73. The van der Waals surface area contributed by atoms with Crippen LogP contribution in [0.4, 0.5) is 13.2 Å². The number of hydrogen-bond donors (Lipinski definition) is 1. The molecular weight excluding hydrogens is 385 g/mol. The lowest BCUT2D eigenvalue weighted by molar-refractivity contribution is -0.159. The van der Waals surface area contributed by atoms with Gasteiger partial charge in [-0.25, -0.2) is 0 Å². The number of alkyl halides is 3. The fraction of sp³-hybridized carbons (Fsp3) is 0.500. The number of carbonyl (C=O) groups is 1. The second kappa shape index (κ2) is 8.10. The van der Waals surface area contributed by atoms with Crippen LogP contribution in [0.3, 0.4) is 0 Å². The van der Waals surface area contributed by atoms with Gasteiger partial charge in [0.1, 0.15) is 6.04 Å². The predicted molar refractivity (Wildman–Crippen MR) is 87.4 cm³/mol. The summed E-state index contributed by atoms with van der Waals surface area (Å²) in [5.41, 5.74) is -0.327. The van der Waals surface area contributed by atoms with Crippen molar-refractivity contribution >= 4 is 5.97 Å². The Kier molecular flexibility index (Phi) is 5.79. The lowest BCUT2D eigenvalue weighted by atomic mass is 10.2. The highest BCUT2D eigenvalue weighted by Crippen LogP contribution is 2.29. The van der Waals surface area contributed by atoms with Crippen LogP contribution < -0.4 is 5.56 Å². The van der Waals surface area contributed by atoms with Gasteiger partial charge in [-0.3, -0.25) is 14.5 Å². The van der Waals surface area contributed by atoms with Gasteiger partial charge in [-0.2, -0.15) is 18.2 Å². The molecular formula is C16H17F3N4O5. The van der Waals surface area contributed by atoms with E-state index >= 15 is 0 Å². The van der Waals surface area contributed by atoms with Crippen molar-refractivity contribution in [2.45, 2.75) is 25.2 Å². The molecule has 0 spiro atoms. The highest BCUT2D eigenvalue weighted by molar-refractivity contribution is 5.73. The first-order valence-corrected chi connectivity index (χ1v) is 8.42. The molecule has 152 valence electrons. The Morgan fingerprint density at radius 1 is 1.36 bits per heavy atom. The highest BCUT2D eigenvalue weighted by Gasteiger charge is 2.38. The molecule has 1 fully saturated rings. The first-order valence-electron chi connectivity index (χ1n) is 8.42. The third-order valence-electron chi connectivity index (χ3n) is 4.29. The Balaban J connectivity index is 1.62. The maximum absolute atomic E-state index is 12.5. The van der Waals surface area contributed by atoms with Crippen molar-refractivity contribution in [2.24, 2.45) is 0 Å². The first kappa shape index (κ1) is 20.0. The second-order valence-electron chi connectivity index (χ2n) is 6.19. The molecule has 0 amide bonds. The molecule has 1 saturated heterocycles. The third-order valence-corrected chi connectivity index (χ3v) is 4.29. The van der Waals surface area contributed by atoms with E-state index in [9.17, 15) is 27.9 Å². The second-order valence-corrected chi connectivity index (χ2v) is 6.19. The van der Waals surface area contributed by atoms with Gasteiger partial charge in [0, 0.05) is 37.5 Å². The maximum Gasteiger partial charge on any atom is 0.471 e. The molecule has 1 unspecified atom stereocenters. The van der Waals surface area contributed by atoms with Gasteiger partial charge in [0.25, 0.3) is 5.56 Å². The lowest BCUT2D eigenvalue weighted by Gasteiger charge is -2.32. The molecule has 0 radical (unpaired) electrons. The van der Waals surface area contributed by atoms with Gasteiger partial charge < -0.3 is 18.9 Å². The average molecular weight is 402 g/mol. The van der Waals surface area contributed by atoms with Crippen molar-refractivity contribution in [3.8, 4) is 11.4 Å². The number of hydrogen-bond acceptors (Lipinski definition) is 7. The highest BCUT2D eigenvalue weighted by atomic mass is 19.4. The van der Waals surface area contributed by atoms with E-state index in [0.29, 0.717) is 32.7 Å². The SMILES string of the molecule is O=C(O)C1COCCN1CCCn1ccc(-c2noc(C(F)(F)F)n2)cc1=O. The van der Waals surface area contributed by atoms with Gasteiger partial charge in [-0.1, -0.05) is 5.16 Å². The molecule has 0 aliphatic carbocycles. The number of carboxylic acid groups (broad SMARTS) is 1. The number of aromatic nitrogens is 3. The number of carboxylic acids is 1. The summed E-state index contributed by atoms with van der Waals surface area (Å²) in [5, 5.41) is 12.4. The van der Waals surface area contributed by atoms with Crippen LogP contribution in [0.5, 0.6) is 0 Å². The largest absolute Gasteiger partial charge is 0.480 e. The van der Waals surface area contributed by atoms with E-state index in [1.54, 1.807) is 4.90 Å². The molecule has 0 aromatic carbocycles. The summed E-state index contributed by atoms with van der Waals surface area (Å²) < 4.78 is 48.3. The monoisotopic (exact) mass is 402 g/mol. The predicted octanol–water partition coefficient (Wildman–Crippen LogP) is 1.09. The van der Waals surface area contributed by atoms with Gasteiger partial charge in [0.2, 0.25) is 5.82 Å². The summed E-state index contributed by atoms with van der Waals surface area (Å²) in [6.45, 7) is 1.85. The van der Waals surface area contributed by atoms with E-state index in [0.717, 1.165) is 6.07 Å². The van der Waals surface area contributed by atoms with E-state index in [4.69, 9.17) is 4.74 Å². The van der Waals surface area contributed by atoms with Crippen molar-refractivity contribution in [2.75, 3.05) is 26.3 Å². The van der Waals surface area contributed by atoms with E-state index in [-0.39, 0.29) is 18.0 Å². The van der Waals surface area contributed by atoms with E-state index in [1.165, 1.54) is 16.8 Å². The van der Waals surface area contributed by atoms with Gasteiger partial charge in [-0.15, -0.1) is 0 Å². The molecule has 2 aromatic heterocycles. The van der Waals surface area contributed by atoms with E-state index in [2.05, 4.69) is 14.7 Å². The minimum Gasteiger partial charge on any atom is -0.480 e. The van der Waals surface area contributed by atoms with Crippen LogP contribution in [-0.4, -0.2) is 63.0 Å². The van der Waals surface area contributed by atoms with Crippen molar-refractivity contribution in [3.05, 3.63) is 34.6 Å². The molecule has 3 rings (SSSR count). The number of aliphatic carboxylic acids is 1. The van der Waals surface area contributed by atoms with Gasteiger partial charge >= 0.3 is 18.0 Å². The van der Waals surface area contributed by atoms with Crippen LogP contribution >= 0.6 is 0 Å². The summed E-state index contributed by atoms with van der Waals surface area (Å²) in [5.74, 6) is -2.76. The minimum atomic E-state index is -4.76. The molecule has 0 saturated carbocycles. The standard InChI is InChI=1S/C16H17F3N4O5/c17-16(18,19)15-20-13(21-28-15)10-2-5-23(12(24)8-10)4-1-3-22-6-7-27-9-11(22)14(25)26/h2,5,8,11H,1,3-4,6-7,9H2,(H,25,26). The average Bonchev–Trinajstić information content (AvgIpc) is 3.14. The normalized spacial score (nSPS) is 18.3. The van der Waals surface area contributed by atoms with Crippen molar-refractivity contribution in [1.82, 2.24) is 19.6 Å². The first-order chi connectivity index (χ1) is 13.3. The summed E-state index contributed by atoms with van der Waals surface area (Å²) >= 11 is 0. The molecule has 28 heavy (non-hydrogen) atoms. The molecule has 12 heteroatoms. The number of rotatable bonds is 6. The molecule has 9 nitrogen and oxygen atoms in total. The third kappa shape index (κ3) is 4.57. The van der Waals surface area contributed by atoms with Crippen molar-refractivity contribution in [3.63, 3.8) is 0 Å². The number of aryl methyl sites for hydroxylation is 1. The number of nitrogens with zero attached hydrogens (tertiary/aromatic N) is 4. The molecule has 1 atom stereocenters. The topological polar surface area (TPSA) is 111 Å². The number of halogens is 3. The number of ether oxygens (including phenoxy) is 1. The molecule has 1 aliphatic rings. The van der Waals surface area contributed by atoms with Gasteiger partial charge in [0.05, 0.1) is 13.2 Å². The summed E-state index contributed by atoms with van der Waals surface area (Å²) in [6.07, 6.45) is -2.81. The van der Waals surface area contributed by atoms with Gasteiger partial charge in [0.15, 0.2) is 0 Å². The molecule has 1 aliphatic heterocycles.